The standard InChI is InChI=1S/C18H20O/c1-3-9-14-12-8-13-17(16(14)4-2)18(19)15-10-6-5-7-11-15/h5-8,10-13H,3-4,9H2,1-2H3. The van der Waals surface area contributed by atoms with Gasteiger partial charge < -0.3 is 0 Å². The molecule has 0 amide bonds. The number of carbonyl (C=O) groups is 1. The Hall–Kier alpha value is -1.89. The largest absolute Gasteiger partial charge is 0.289 e. The topological polar surface area (TPSA) is 17.1 Å². The predicted molar refractivity (Wildman–Crippen MR) is 79.7 cm³/mol. The molecule has 0 saturated heterocycles. The number of aryl methyl sites for hydroxylation is 1. The van der Waals surface area contributed by atoms with Gasteiger partial charge in [0.1, 0.15) is 0 Å². The summed E-state index contributed by atoms with van der Waals surface area (Å²) < 4.78 is 0. The van der Waals surface area contributed by atoms with Crippen molar-refractivity contribution in [2.24, 2.45) is 0 Å². The van der Waals surface area contributed by atoms with Crippen molar-refractivity contribution in [2.45, 2.75) is 33.1 Å². The minimum atomic E-state index is 0.135. The predicted octanol–water partition coefficient (Wildman–Crippen LogP) is 4.43. The van der Waals surface area contributed by atoms with Gasteiger partial charge in [-0.3, -0.25) is 4.79 Å². The molecule has 2 rings (SSSR count). The Morgan fingerprint density at radius 1 is 0.947 bits per heavy atom. The average molecular weight is 252 g/mol. The first-order valence-electron chi connectivity index (χ1n) is 6.98. The Balaban J connectivity index is 2.45. The van der Waals surface area contributed by atoms with Gasteiger partial charge in [0.2, 0.25) is 0 Å². The fraction of sp³-hybridized carbons (Fsp3) is 0.278. The van der Waals surface area contributed by atoms with Gasteiger partial charge >= 0.3 is 0 Å². The monoisotopic (exact) mass is 252 g/mol. The van der Waals surface area contributed by atoms with Crippen molar-refractivity contribution in [3.05, 3.63) is 70.8 Å². The SMILES string of the molecule is CCCc1cccc(C(=O)c2ccccc2)c1CC. The summed E-state index contributed by atoms with van der Waals surface area (Å²) in [4.78, 5) is 12.6. The van der Waals surface area contributed by atoms with Gasteiger partial charge in [0.05, 0.1) is 0 Å². The normalized spacial score (nSPS) is 10.4. The molecule has 0 aliphatic heterocycles. The van der Waals surface area contributed by atoms with Crippen LogP contribution in [0, 0.1) is 0 Å². The molecule has 0 aromatic heterocycles. The van der Waals surface area contributed by atoms with Crippen molar-refractivity contribution >= 4 is 5.78 Å². The first-order chi connectivity index (χ1) is 9.27. The summed E-state index contributed by atoms with van der Waals surface area (Å²) in [5, 5.41) is 0. The third-order valence-electron chi connectivity index (χ3n) is 3.43. The Labute approximate surface area is 115 Å². The molecule has 98 valence electrons. The van der Waals surface area contributed by atoms with Crippen LogP contribution in [-0.4, -0.2) is 5.78 Å². The molecule has 0 aliphatic carbocycles. The minimum absolute atomic E-state index is 0.135. The van der Waals surface area contributed by atoms with E-state index >= 15 is 0 Å². The molecule has 0 spiro atoms. The Bertz CT molecular complexity index is 555. The molecule has 0 atom stereocenters. The molecule has 0 fully saturated rings. The van der Waals surface area contributed by atoms with Gasteiger partial charge in [0.15, 0.2) is 5.78 Å². The summed E-state index contributed by atoms with van der Waals surface area (Å²) in [6.07, 6.45) is 3.05. The van der Waals surface area contributed by atoms with E-state index in [1.54, 1.807) is 0 Å². The molecular weight excluding hydrogens is 232 g/mol. The molecular formula is C18H20O. The summed E-state index contributed by atoms with van der Waals surface area (Å²) in [5.41, 5.74) is 4.15. The molecule has 0 heterocycles. The summed E-state index contributed by atoms with van der Waals surface area (Å²) in [6.45, 7) is 4.29. The van der Waals surface area contributed by atoms with E-state index in [0.717, 1.165) is 30.4 Å². The molecule has 19 heavy (non-hydrogen) atoms. The molecule has 0 N–H and O–H groups in total. The van der Waals surface area contributed by atoms with E-state index in [1.165, 1.54) is 11.1 Å². The van der Waals surface area contributed by atoms with E-state index in [2.05, 4.69) is 19.9 Å². The maximum Gasteiger partial charge on any atom is 0.193 e. The van der Waals surface area contributed by atoms with Crippen LogP contribution in [0.1, 0.15) is 47.3 Å². The smallest absolute Gasteiger partial charge is 0.193 e. The van der Waals surface area contributed by atoms with Gasteiger partial charge in [0, 0.05) is 11.1 Å². The third kappa shape index (κ3) is 2.93. The maximum absolute atomic E-state index is 12.6. The van der Waals surface area contributed by atoms with E-state index < -0.39 is 0 Å². The second-order valence-corrected chi connectivity index (χ2v) is 4.74. The summed E-state index contributed by atoms with van der Waals surface area (Å²) in [5.74, 6) is 0.135. The minimum Gasteiger partial charge on any atom is -0.289 e. The first kappa shape index (κ1) is 13.5. The van der Waals surface area contributed by atoms with Gasteiger partial charge in [-0.25, -0.2) is 0 Å². The zero-order chi connectivity index (χ0) is 13.7. The molecule has 0 saturated carbocycles. The highest BCUT2D eigenvalue weighted by Crippen LogP contribution is 2.20. The van der Waals surface area contributed by atoms with Crippen LogP contribution in [0.3, 0.4) is 0 Å². The lowest BCUT2D eigenvalue weighted by Gasteiger charge is -2.12. The van der Waals surface area contributed by atoms with Crippen molar-refractivity contribution in [2.75, 3.05) is 0 Å². The van der Waals surface area contributed by atoms with E-state index in [-0.39, 0.29) is 5.78 Å². The molecule has 2 aromatic carbocycles. The lowest BCUT2D eigenvalue weighted by Crippen LogP contribution is -2.07. The molecule has 0 aliphatic rings. The average Bonchev–Trinajstić information content (AvgIpc) is 2.47. The lowest BCUT2D eigenvalue weighted by molar-refractivity contribution is 0.103. The zero-order valence-corrected chi connectivity index (χ0v) is 11.6. The van der Waals surface area contributed by atoms with Crippen LogP contribution in [0.4, 0.5) is 0 Å². The number of hydrogen-bond donors (Lipinski definition) is 0. The highest BCUT2D eigenvalue weighted by atomic mass is 16.1. The second-order valence-electron chi connectivity index (χ2n) is 4.74. The van der Waals surface area contributed by atoms with Gasteiger partial charge in [-0.1, -0.05) is 68.8 Å². The van der Waals surface area contributed by atoms with Crippen LogP contribution in [0.25, 0.3) is 0 Å². The van der Waals surface area contributed by atoms with Crippen molar-refractivity contribution in [3.63, 3.8) is 0 Å². The van der Waals surface area contributed by atoms with Crippen LogP contribution in [0.2, 0.25) is 0 Å². The zero-order valence-electron chi connectivity index (χ0n) is 11.6. The summed E-state index contributed by atoms with van der Waals surface area (Å²) >= 11 is 0. The molecule has 2 aromatic rings. The van der Waals surface area contributed by atoms with E-state index in [0.29, 0.717) is 0 Å². The highest BCUT2D eigenvalue weighted by Gasteiger charge is 2.14. The van der Waals surface area contributed by atoms with Crippen molar-refractivity contribution in [1.82, 2.24) is 0 Å². The maximum atomic E-state index is 12.6. The summed E-state index contributed by atoms with van der Waals surface area (Å²) in [6, 6.07) is 15.6. The number of ketones is 1. The number of hydrogen-bond acceptors (Lipinski definition) is 1. The first-order valence-corrected chi connectivity index (χ1v) is 6.98. The Kier molecular flexibility index (Phi) is 4.51. The number of carbonyl (C=O) groups excluding carboxylic acids is 1. The fourth-order valence-electron chi connectivity index (χ4n) is 2.51. The molecule has 0 radical (unpaired) electrons. The molecule has 1 heteroatoms. The van der Waals surface area contributed by atoms with E-state index in [4.69, 9.17) is 0 Å². The van der Waals surface area contributed by atoms with Crippen LogP contribution in [0.15, 0.2) is 48.5 Å². The van der Waals surface area contributed by atoms with E-state index in [9.17, 15) is 4.79 Å². The van der Waals surface area contributed by atoms with Crippen molar-refractivity contribution in [1.29, 1.82) is 0 Å². The Morgan fingerprint density at radius 2 is 1.68 bits per heavy atom. The highest BCUT2D eigenvalue weighted by molar-refractivity contribution is 6.10. The van der Waals surface area contributed by atoms with Gasteiger partial charge in [-0.15, -0.1) is 0 Å². The van der Waals surface area contributed by atoms with Gasteiger partial charge in [-0.05, 0) is 24.0 Å². The van der Waals surface area contributed by atoms with Gasteiger partial charge in [0.25, 0.3) is 0 Å². The van der Waals surface area contributed by atoms with Crippen molar-refractivity contribution < 1.29 is 4.79 Å². The number of rotatable bonds is 5. The fourth-order valence-corrected chi connectivity index (χ4v) is 2.51. The van der Waals surface area contributed by atoms with Crippen LogP contribution in [0.5, 0.6) is 0 Å². The van der Waals surface area contributed by atoms with Gasteiger partial charge in [-0.2, -0.15) is 0 Å². The van der Waals surface area contributed by atoms with Crippen LogP contribution in [-0.2, 0) is 12.8 Å². The quantitative estimate of drug-likeness (QED) is 0.719. The summed E-state index contributed by atoms with van der Waals surface area (Å²) in [7, 11) is 0. The van der Waals surface area contributed by atoms with Crippen LogP contribution < -0.4 is 0 Å². The molecule has 0 bridgehead atoms. The second kappa shape index (κ2) is 6.33. The molecule has 0 unspecified atom stereocenters. The lowest BCUT2D eigenvalue weighted by atomic mass is 9.91. The molecule has 1 nitrogen and oxygen atoms in total. The third-order valence-corrected chi connectivity index (χ3v) is 3.43. The van der Waals surface area contributed by atoms with Crippen molar-refractivity contribution in [3.8, 4) is 0 Å². The van der Waals surface area contributed by atoms with E-state index in [1.807, 2.05) is 42.5 Å². The number of benzene rings is 2. The Morgan fingerprint density at radius 3 is 2.32 bits per heavy atom. The van der Waals surface area contributed by atoms with Crippen LogP contribution >= 0.6 is 0 Å².